The maximum Gasteiger partial charge on any atom is 0.410 e. The largest absolute Gasteiger partial charge is 0.456 e. The fourth-order valence-corrected chi connectivity index (χ4v) is 4.97. The molecular formula is C30H36N4O3. The Kier molecular flexibility index (Phi) is 8.17. The van der Waals surface area contributed by atoms with Gasteiger partial charge in [0.25, 0.3) is 0 Å². The Morgan fingerprint density at radius 3 is 2.73 bits per heavy atom. The number of aromatic nitrogens is 2. The second-order valence-electron chi connectivity index (χ2n) is 10.6. The molecule has 4 rings (SSSR count). The fraction of sp³-hybridized carbons (Fsp3) is 0.433. The van der Waals surface area contributed by atoms with Gasteiger partial charge in [0.05, 0.1) is 17.9 Å². The summed E-state index contributed by atoms with van der Waals surface area (Å²) in [5.41, 5.74) is 1.94. The molecule has 0 aliphatic carbocycles. The highest BCUT2D eigenvalue weighted by atomic mass is 16.6. The lowest BCUT2D eigenvalue weighted by Gasteiger charge is -2.36. The van der Waals surface area contributed by atoms with E-state index in [9.17, 15) is 10.1 Å². The molecule has 2 aromatic carbocycles. The number of amides is 1. The van der Waals surface area contributed by atoms with Crippen LogP contribution in [0.2, 0.25) is 0 Å². The average Bonchev–Trinajstić information content (AvgIpc) is 3.26. The Bertz CT molecular complexity index is 1240. The Morgan fingerprint density at radius 2 is 2.03 bits per heavy atom. The number of carbonyl (C=O) groups excluding carboxylic acids is 1. The van der Waals surface area contributed by atoms with Gasteiger partial charge in [0, 0.05) is 25.5 Å². The van der Waals surface area contributed by atoms with E-state index < -0.39 is 5.60 Å². The highest BCUT2D eigenvalue weighted by molar-refractivity contribution is 5.69. The first-order valence-electron chi connectivity index (χ1n) is 13.0. The predicted octanol–water partition coefficient (Wildman–Crippen LogP) is 7.08. The van der Waals surface area contributed by atoms with Crippen LogP contribution in [0.25, 0.3) is 0 Å². The summed E-state index contributed by atoms with van der Waals surface area (Å²) in [6.45, 7) is 9.18. The molecule has 7 nitrogen and oxygen atoms in total. The number of nitriles is 1. The third-order valence-electron chi connectivity index (χ3n) is 6.68. The average molecular weight is 501 g/mol. The fourth-order valence-electron chi connectivity index (χ4n) is 4.97. The van der Waals surface area contributed by atoms with Crippen molar-refractivity contribution in [2.75, 3.05) is 6.54 Å². The van der Waals surface area contributed by atoms with Crippen molar-refractivity contribution in [1.82, 2.24) is 14.5 Å². The minimum absolute atomic E-state index is 0.103. The zero-order chi connectivity index (χ0) is 26.4. The molecule has 194 valence electrons. The quantitative estimate of drug-likeness (QED) is 0.361. The minimum atomic E-state index is -0.559. The van der Waals surface area contributed by atoms with Gasteiger partial charge in [0.15, 0.2) is 0 Å². The molecule has 1 aliphatic rings. The molecule has 2 heterocycles. The number of nitrogens with zero attached hydrogens (tertiary/aromatic N) is 4. The Balaban J connectivity index is 1.64. The van der Waals surface area contributed by atoms with Gasteiger partial charge in [-0.1, -0.05) is 38.0 Å². The van der Waals surface area contributed by atoms with Gasteiger partial charge in [-0.25, -0.2) is 9.78 Å². The highest BCUT2D eigenvalue weighted by Crippen LogP contribution is 2.39. The van der Waals surface area contributed by atoms with Crippen LogP contribution in [-0.4, -0.2) is 32.7 Å². The van der Waals surface area contributed by atoms with Crippen LogP contribution in [0.3, 0.4) is 0 Å². The zero-order valence-corrected chi connectivity index (χ0v) is 22.2. The van der Waals surface area contributed by atoms with Gasteiger partial charge < -0.3 is 18.9 Å². The second kappa shape index (κ2) is 11.5. The summed E-state index contributed by atoms with van der Waals surface area (Å²) in [5.74, 6) is 1.46. The lowest BCUT2D eigenvalue weighted by atomic mass is 9.87. The number of carbonyl (C=O) groups is 1. The standard InChI is InChI=1S/C30H36N4O3/c1-5-23-9-6-7-15-34(29(35)37-30(2,3)4)28(23)24-10-8-11-26(18-24)36-27-17-22(12-13-25(27)19-31)20-33-16-14-32-21-33/h8,10-14,16-18,21,23,28H,5-7,9,15,20H2,1-4H3. The number of rotatable bonds is 6. The van der Waals surface area contributed by atoms with Crippen molar-refractivity contribution >= 4 is 6.09 Å². The van der Waals surface area contributed by atoms with Gasteiger partial charge in [-0.05, 0) is 74.9 Å². The summed E-state index contributed by atoms with van der Waals surface area (Å²) in [4.78, 5) is 19.3. The molecule has 3 aromatic rings. The van der Waals surface area contributed by atoms with Crippen molar-refractivity contribution in [2.24, 2.45) is 5.92 Å². The number of hydrogen-bond donors (Lipinski definition) is 0. The molecule has 1 fully saturated rings. The third kappa shape index (κ3) is 6.71. The van der Waals surface area contributed by atoms with E-state index in [2.05, 4.69) is 24.0 Å². The van der Waals surface area contributed by atoms with Crippen molar-refractivity contribution in [1.29, 1.82) is 5.26 Å². The van der Waals surface area contributed by atoms with Crippen LogP contribution in [0.15, 0.2) is 61.2 Å². The zero-order valence-electron chi connectivity index (χ0n) is 22.2. The van der Waals surface area contributed by atoms with Gasteiger partial charge in [-0.15, -0.1) is 0 Å². The topological polar surface area (TPSA) is 80.4 Å². The van der Waals surface area contributed by atoms with Crippen molar-refractivity contribution in [3.63, 3.8) is 0 Å². The summed E-state index contributed by atoms with van der Waals surface area (Å²) < 4.78 is 14.1. The lowest BCUT2D eigenvalue weighted by molar-refractivity contribution is 0.0109. The summed E-state index contributed by atoms with van der Waals surface area (Å²) in [6.07, 6.45) is 9.18. The Hall–Kier alpha value is -3.79. The summed E-state index contributed by atoms with van der Waals surface area (Å²) >= 11 is 0. The van der Waals surface area contributed by atoms with Crippen molar-refractivity contribution in [2.45, 2.75) is 71.6 Å². The van der Waals surface area contributed by atoms with Crippen LogP contribution in [-0.2, 0) is 11.3 Å². The predicted molar refractivity (Wildman–Crippen MR) is 142 cm³/mol. The van der Waals surface area contributed by atoms with E-state index in [-0.39, 0.29) is 12.1 Å². The maximum atomic E-state index is 13.3. The number of imidazole rings is 1. The van der Waals surface area contributed by atoms with Crippen LogP contribution in [0.5, 0.6) is 11.5 Å². The van der Waals surface area contributed by atoms with Crippen LogP contribution < -0.4 is 4.74 Å². The summed E-state index contributed by atoms with van der Waals surface area (Å²) in [5, 5.41) is 9.69. The van der Waals surface area contributed by atoms with Crippen molar-refractivity contribution in [3.8, 4) is 17.6 Å². The van der Waals surface area contributed by atoms with Crippen molar-refractivity contribution in [3.05, 3.63) is 77.9 Å². The number of benzene rings is 2. The molecule has 7 heteroatoms. The number of hydrogen-bond acceptors (Lipinski definition) is 5. The molecule has 1 aliphatic heterocycles. The van der Waals surface area contributed by atoms with Crippen LogP contribution in [0, 0.1) is 17.2 Å². The molecule has 0 saturated carbocycles. The SMILES string of the molecule is CCC1CCCCN(C(=O)OC(C)(C)C)C1c1cccc(Oc2cc(Cn3ccnc3)ccc2C#N)c1. The van der Waals surface area contributed by atoms with E-state index in [1.54, 1.807) is 18.6 Å². The summed E-state index contributed by atoms with van der Waals surface area (Å²) in [6, 6.07) is 15.7. The lowest BCUT2D eigenvalue weighted by Crippen LogP contribution is -2.41. The van der Waals surface area contributed by atoms with E-state index in [0.29, 0.717) is 36.1 Å². The second-order valence-corrected chi connectivity index (χ2v) is 10.6. The molecule has 0 bridgehead atoms. The molecule has 2 atom stereocenters. The third-order valence-corrected chi connectivity index (χ3v) is 6.68. The molecule has 0 N–H and O–H groups in total. The molecule has 1 saturated heterocycles. The van der Waals surface area contributed by atoms with Gasteiger partial charge in [-0.3, -0.25) is 0 Å². The van der Waals surface area contributed by atoms with E-state index >= 15 is 0 Å². The molecule has 0 spiro atoms. The van der Waals surface area contributed by atoms with Gasteiger partial charge in [0.2, 0.25) is 0 Å². The monoisotopic (exact) mass is 500 g/mol. The van der Waals surface area contributed by atoms with E-state index in [1.807, 2.05) is 66.8 Å². The minimum Gasteiger partial charge on any atom is -0.456 e. The highest BCUT2D eigenvalue weighted by Gasteiger charge is 2.35. The van der Waals surface area contributed by atoms with Crippen LogP contribution in [0.1, 0.15) is 76.1 Å². The molecule has 1 aromatic heterocycles. The molecule has 0 radical (unpaired) electrons. The molecule has 2 unspecified atom stereocenters. The normalized spacial score (nSPS) is 18.1. The van der Waals surface area contributed by atoms with Crippen LogP contribution in [0.4, 0.5) is 4.79 Å². The van der Waals surface area contributed by atoms with Gasteiger partial charge >= 0.3 is 6.09 Å². The van der Waals surface area contributed by atoms with Gasteiger partial charge in [0.1, 0.15) is 23.2 Å². The van der Waals surface area contributed by atoms with Crippen LogP contribution >= 0.6 is 0 Å². The Morgan fingerprint density at radius 1 is 1.19 bits per heavy atom. The summed E-state index contributed by atoms with van der Waals surface area (Å²) in [7, 11) is 0. The first kappa shape index (κ1) is 26.3. The molecule has 37 heavy (non-hydrogen) atoms. The first-order valence-corrected chi connectivity index (χ1v) is 13.0. The first-order chi connectivity index (χ1) is 17.8. The molecular weight excluding hydrogens is 464 g/mol. The van der Waals surface area contributed by atoms with E-state index in [1.165, 1.54) is 0 Å². The van der Waals surface area contributed by atoms with Gasteiger partial charge in [-0.2, -0.15) is 5.26 Å². The van der Waals surface area contributed by atoms with E-state index in [4.69, 9.17) is 9.47 Å². The van der Waals surface area contributed by atoms with E-state index in [0.717, 1.165) is 36.8 Å². The Labute approximate surface area is 219 Å². The number of likely N-dealkylation sites (tertiary alicyclic amines) is 1. The number of ether oxygens (including phenoxy) is 2. The van der Waals surface area contributed by atoms with Crippen molar-refractivity contribution < 1.29 is 14.3 Å². The maximum absolute atomic E-state index is 13.3. The smallest absolute Gasteiger partial charge is 0.410 e. The molecule has 1 amide bonds.